The fourth-order valence-corrected chi connectivity index (χ4v) is 4.46. The third-order valence-corrected chi connectivity index (χ3v) is 6.09. The second-order valence-corrected chi connectivity index (χ2v) is 8.43. The second-order valence-electron chi connectivity index (χ2n) is 7.57. The summed E-state index contributed by atoms with van der Waals surface area (Å²) in [7, 11) is 1.60. The van der Waals surface area contributed by atoms with Crippen molar-refractivity contribution in [2.24, 2.45) is 0 Å². The number of nitrogens with zero attached hydrogens (tertiary/aromatic N) is 2. The first kappa shape index (κ1) is 22.2. The number of hydrogen-bond donors (Lipinski definition) is 0. The molecule has 0 saturated carbocycles. The average Bonchev–Trinajstić information content (AvgIpc) is 3.16. The Morgan fingerprint density at radius 3 is 2.50 bits per heavy atom. The lowest BCUT2D eigenvalue weighted by Crippen LogP contribution is -2.46. The topological polar surface area (TPSA) is 70.4 Å². The molecule has 0 unspecified atom stereocenters. The van der Waals surface area contributed by atoms with Gasteiger partial charge in [-0.15, -0.1) is 11.3 Å². The third-order valence-electron chi connectivity index (χ3n) is 5.21. The number of fused-ring (bicyclic) bond motifs is 1. The van der Waals surface area contributed by atoms with E-state index in [-0.39, 0.29) is 12.2 Å². The molecule has 2 heterocycles. The molecule has 0 atom stereocenters. The fraction of sp³-hybridized carbons (Fsp3) is 0.435. The van der Waals surface area contributed by atoms with Gasteiger partial charge in [-0.2, -0.15) is 0 Å². The Hall–Kier alpha value is -2.51. The van der Waals surface area contributed by atoms with E-state index in [2.05, 4.69) is 19.1 Å². The van der Waals surface area contributed by atoms with Crippen LogP contribution in [0.25, 0.3) is 21.3 Å². The van der Waals surface area contributed by atoms with Gasteiger partial charge in [0.2, 0.25) is 0 Å². The summed E-state index contributed by atoms with van der Waals surface area (Å²) in [6.45, 7) is 7.88. The van der Waals surface area contributed by atoms with Crippen molar-refractivity contribution in [2.45, 2.75) is 46.1 Å². The van der Waals surface area contributed by atoms with Crippen molar-refractivity contribution in [3.05, 3.63) is 51.4 Å². The number of carbonyl (C=O) groups excluding carboxylic acids is 1. The lowest BCUT2D eigenvalue weighted by Gasteiger charge is -2.27. The van der Waals surface area contributed by atoms with Gasteiger partial charge in [0.25, 0.3) is 5.56 Å². The highest BCUT2D eigenvalue weighted by Gasteiger charge is 2.35. The molecule has 0 aliphatic rings. The zero-order chi connectivity index (χ0) is 21.9. The Labute approximate surface area is 180 Å². The van der Waals surface area contributed by atoms with E-state index in [1.165, 1.54) is 21.5 Å². The van der Waals surface area contributed by atoms with E-state index in [1.54, 1.807) is 27.9 Å². The van der Waals surface area contributed by atoms with Gasteiger partial charge in [0.15, 0.2) is 0 Å². The molecule has 160 valence electrons. The largest absolute Gasteiger partial charge is 0.464 e. The van der Waals surface area contributed by atoms with Crippen LogP contribution < -0.4 is 5.56 Å². The first-order valence-electron chi connectivity index (χ1n) is 10.1. The molecule has 0 N–H and O–H groups in total. The van der Waals surface area contributed by atoms with Crippen LogP contribution >= 0.6 is 11.3 Å². The summed E-state index contributed by atoms with van der Waals surface area (Å²) in [6.07, 6.45) is 1.37. The molecule has 3 aromatic rings. The SMILES string of the molecule is CCOC(=O)C(C)(C)n1c(CCOC)nc2scc(-c3ccc(CC)cc3)c2c1=O. The number of hydrogen-bond acceptors (Lipinski definition) is 6. The van der Waals surface area contributed by atoms with E-state index in [4.69, 9.17) is 14.5 Å². The average molecular weight is 429 g/mol. The number of aromatic nitrogens is 2. The summed E-state index contributed by atoms with van der Waals surface area (Å²) in [5, 5.41) is 2.49. The Morgan fingerprint density at radius 2 is 1.90 bits per heavy atom. The molecule has 0 radical (unpaired) electrons. The van der Waals surface area contributed by atoms with Crippen molar-refractivity contribution in [3.8, 4) is 11.1 Å². The quantitative estimate of drug-likeness (QED) is 0.504. The highest BCUT2D eigenvalue weighted by molar-refractivity contribution is 7.17. The first-order valence-corrected chi connectivity index (χ1v) is 11.0. The van der Waals surface area contributed by atoms with Gasteiger partial charge < -0.3 is 9.47 Å². The van der Waals surface area contributed by atoms with Crippen LogP contribution in [0.4, 0.5) is 0 Å². The van der Waals surface area contributed by atoms with Crippen LogP contribution in [0.2, 0.25) is 0 Å². The predicted octanol–water partition coefficient (Wildman–Crippen LogP) is 4.17. The minimum atomic E-state index is -1.19. The number of thiophene rings is 1. The van der Waals surface area contributed by atoms with E-state index < -0.39 is 11.5 Å². The van der Waals surface area contributed by atoms with Gasteiger partial charge >= 0.3 is 5.97 Å². The summed E-state index contributed by atoms with van der Waals surface area (Å²) in [4.78, 5) is 31.9. The van der Waals surface area contributed by atoms with Crippen LogP contribution in [0.1, 0.15) is 39.1 Å². The molecular weight excluding hydrogens is 400 g/mol. The number of ether oxygens (including phenoxy) is 2. The molecule has 0 spiro atoms. The lowest BCUT2D eigenvalue weighted by atomic mass is 10.0. The first-order chi connectivity index (χ1) is 14.3. The van der Waals surface area contributed by atoms with E-state index >= 15 is 0 Å². The molecule has 6 nitrogen and oxygen atoms in total. The summed E-state index contributed by atoms with van der Waals surface area (Å²) in [5.74, 6) is 0.0538. The number of rotatable bonds is 8. The summed E-state index contributed by atoms with van der Waals surface area (Å²) in [5.41, 5.74) is 1.60. The number of methoxy groups -OCH3 is 1. The van der Waals surface area contributed by atoms with Crippen molar-refractivity contribution in [3.63, 3.8) is 0 Å². The highest BCUT2D eigenvalue weighted by atomic mass is 32.1. The van der Waals surface area contributed by atoms with Gasteiger partial charge in [-0.05, 0) is 38.3 Å². The second kappa shape index (κ2) is 9.10. The van der Waals surface area contributed by atoms with Crippen molar-refractivity contribution < 1.29 is 14.3 Å². The summed E-state index contributed by atoms with van der Waals surface area (Å²) < 4.78 is 11.9. The van der Waals surface area contributed by atoms with Crippen molar-refractivity contribution >= 4 is 27.5 Å². The van der Waals surface area contributed by atoms with Crippen LogP contribution in [0.5, 0.6) is 0 Å². The van der Waals surface area contributed by atoms with E-state index in [1.807, 2.05) is 17.5 Å². The smallest absolute Gasteiger partial charge is 0.331 e. The zero-order valence-corrected chi connectivity index (χ0v) is 19.0. The lowest BCUT2D eigenvalue weighted by molar-refractivity contribution is -0.152. The Morgan fingerprint density at radius 1 is 1.20 bits per heavy atom. The van der Waals surface area contributed by atoms with Crippen LogP contribution in [0, 0.1) is 0 Å². The summed E-state index contributed by atoms with van der Waals surface area (Å²) >= 11 is 1.44. The van der Waals surface area contributed by atoms with Crippen LogP contribution in [-0.2, 0) is 32.6 Å². The van der Waals surface area contributed by atoms with Gasteiger partial charge in [0.1, 0.15) is 16.2 Å². The minimum absolute atomic E-state index is 0.236. The Kier molecular flexibility index (Phi) is 6.73. The molecule has 7 heteroatoms. The molecule has 30 heavy (non-hydrogen) atoms. The number of aryl methyl sites for hydroxylation is 1. The standard InChI is InChI=1S/C23H28N2O4S/c1-6-15-8-10-16(11-9-15)17-14-30-20-19(17)21(26)25(18(24-20)12-13-28-5)23(3,4)22(27)29-7-2/h8-11,14H,6-7,12-13H2,1-5H3. The van der Waals surface area contributed by atoms with Crippen molar-refractivity contribution in [2.75, 3.05) is 20.3 Å². The third kappa shape index (κ3) is 4.04. The number of esters is 1. The number of benzene rings is 1. The molecule has 0 aliphatic heterocycles. The summed E-state index contributed by atoms with van der Waals surface area (Å²) in [6, 6.07) is 8.19. The van der Waals surface area contributed by atoms with Crippen molar-refractivity contribution in [1.29, 1.82) is 0 Å². The highest BCUT2D eigenvalue weighted by Crippen LogP contribution is 2.32. The van der Waals surface area contributed by atoms with Gasteiger partial charge in [0.05, 0.1) is 18.6 Å². The molecule has 1 aromatic carbocycles. The number of carbonyl (C=O) groups is 1. The van der Waals surface area contributed by atoms with Gasteiger partial charge in [0, 0.05) is 24.5 Å². The Balaban J connectivity index is 2.25. The normalized spacial score (nSPS) is 11.8. The van der Waals surface area contributed by atoms with Gasteiger partial charge in [-0.25, -0.2) is 9.78 Å². The fourth-order valence-electron chi connectivity index (χ4n) is 3.50. The van der Waals surface area contributed by atoms with E-state index in [9.17, 15) is 9.59 Å². The molecule has 0 aliphatic carbocycles. The maximum atomic E-state index is 13.7. The predicted molar refractivity (Wildman–Crippen MR) is 120 cm³/mol. The van der Waals surface area contributed by atoms with Crippen LogP contribution in [-0.4, -0.2) is 35.8 Å². The van der Waals surface area contributed by atoms with E-state index in [0.29, 0.717) is 29.1 Å². The van der Waals surface area contributed by atoms with Crippen molar-refractivity contribution in [1.82, 2.24) is 9.55 Å². The molecular formula is C23H28N2O4S. The van der Waals surface area contributed by atoms with Crippen LogP contribution in [0.3, 0.4) is 0 Å². The molecule has 0 saturated heterocycles. The maximum Gasteiger partial charge on any atom is 0.331 e. The minimum Gasteiger partial charge on any atom is -0.464 e. The molecule has 0 amide bonds. The molecule has 3 rings (SSSR count). The molecule has 0 fully saturated rings. The van der Waals surface area contributed by atoms with E-state index in [0.717, 1.165) is 17.5 Å². The van der Waals surface area contributed by atoms with Gasteiger partial charge in [-0.1, -0.05) is 31.2 Å². The van der Waals surface area contributed by atoms with Gasteiger partial charge in [-0.3, -0.25) is 9.36 Å². The zero-order valence-electron chi connectivity index (χ0n) is 18.2. The molecule has 0 bridgehead atoms. The molecule has 2 aromatic heterocycles. The Bertz CT molecular complexity index is 1100. The van der Waals surface area contributed by atoms with Crippen LogP contribution in [0.15, 0.2) is 34.4 Å². The monoisotopic (exact) mass is 428 g/mol. The maximum absolute atomic E-state index is 13.7.